The lowest BCUT2D eigenvalue weighted by Crippen LogP contribution is -2.34. The monoisotopic (exact) mass is 325 g/mol. The van der Waals surface area contributed by atoms with Gasteiger partial charge in [-0.3, -0.25) is 0 Å². The van der Waals surface area contributed by atoms with Crippen LogP contribution in [-0.2, 0) is 12.0 Å². The smallest absolute Gasteiger partial charge is 0.229 e. The summed E-state index contributed by atoms with van der Waals surface area (Å²) in [5, 5.41) is 4.07. The van der Waals surface area contributed by atoms with E-state index in [4.69, 9.17) is 10.3 Å². The van der Waals surface area contributed by atoms with Crippen LogP contribution in [0, 0.1) is 5.82 Å². The molecule has 0 bridgehead atoms. The first kappa shape index (κ1) is 16.9. The average Bonchev–Trinajstić information content (AvgIpc) is 3.08. The highest BCUT2D eigenvalue weighted by Gasteiger charge is 2.36. The molecule has 1 fully saturated rings. The molecule has 6 heteroatoms. The Labute approximate surface area is 135 Å². The van der Waals surface area contributed by atoms with E-state index in [9.17, 15) is 4.39 Å². The lowest BCUT2D eigenvalue weighted by Gasteiger charge is -2.17. The summed E-state index contributed by atoms with van der Waals surface area (Å²) in [6, 6.07) is 6.59. The zero-order chi connectivity index (χ0) is 14.9. The van der Waals surface area contributed by atoms with E-state index in [2.05, 4.69) is 10.1 Å². The van der Waals surface area contributed by atoms with E-state index in [-0.39, 0.29) is 24.1 Å². The van der Waals surface area contributed by atoms with Crippen molar-refractivity contribution >= 4 is 12.4 Å². The minimum absolute atomic E-state index is 0. The number of benzene rings is 1. The first-order valence-corrected chi connectivity index (χ1v) is 7.44. The molecular formula is C16H21ClFN3O. The van der Waals surface area contributed by atoms with E-state index >= 15 is 0 Å². The van der Waals surface area contributed by atoms with Crippen molar-refractivity contribution in [2.24, 2.45) is 5.73 Å². The highest BCUT2D eigenvalue weighted by Crippen LogP contribution is 2.35. The number of hydrogen-bond donors (Lipinski definition) is 1. The SMILES string of the molecule is CC(Cc1cccc(F)c1)c1nc(C2(N)CCCC2)no1.Cl. The zero-order valence-electron chi connectivity index (χ0n) is 12.6. The number of hydrogen-bond acceptors (Lipinski definition) is 4. The molecule has 0 aliphatic heterocycles. The molecule has 1 saturated carbocycles. The summed E-state index contributed by atoms with van der Waals surface area (Å²) in [5.41, 5.74) is 6.82. The average molecular weight is 326 g/mol. The Morgan fingerprint density at radius 2 is 2.09 bits per heavy atom. The molecule has 1 unspecified atom stereocenters. The fourth-order valence-electron chi connectivity index (χ4n) is 2.97. The van der Waals surface area contributed by atoms with Crippen LogP contribution >= 0.6 is 12.4 Å². The molecule has 1 aliphatic rings. The van der Waals surface area contributed by atoms with Gasteiger partial charge in [-0.15, -0.1) is 12.4 Å². The van der Waals surface area contributed by atoms with E-state index in [0.29, 0.717) is 18.1 Å². The molecule has 1 aliphatic carbocycles. The molecule has 1 heterocycles. The van der Waals surface area contributed by atoms with Crippen LogP contribution in [0.2, 0.25) is 0 Å². The number of nitrogens with zero attached hydrogens (tertiary/aromatic N) is 2. The van der Waals surface area contributed by atoms with Gasteiger partial charge in [-0.2, -0.15) is 4.98 Å². The van der Waals surface area contributed by atoms with Gasteiger partial charge in [-0.25, -0.2) is 4.39 Å². The van der Waals surface area contributed by atoms with Gasteiger partial charge in [-0.05, 0) is 37.0 Å². The maximum absolute atomic E-state index is 13.2. The minimum Gasteiger partial charge on any atom is -0.339 e. The summed E-state index contributed by atoms with van der Waals surface area (Å²) >= 11 is 0. The van der Waals surface area contributed by atoms with Crippen LogP contribution in [0.3, 0.4) is 0 Å². The molecule has 0 saturated heterocycles. The molecule has 2 aromatic rings. The van der Waals surface area contributed by atoms with Crippen LogP contribution in [-0.4, -0.2) is 10.1 Å². The van der Waals surface area contributed by atoms with E-state index in [1.54, 1.807) is 6.07 Å². The highest BCUT2D eigenvalue weighted by molar-refractivity contribution is 5.85. The summed E-state index contributed by atoms with van der Waals surface area (Å²) in [5.74, 6) is 1.00. The van der Waals surface area contributed by atoms with Gasteiger partial charge in [0, 0.05) is 5.92 Å². The third-order valence-electron chi connectivity index (χ3n) is 4.24. The summed E-state index contributed by atoms with van der Waals surface area (Å²) in [7, 11) is 0. The molecule has 0 radical (unpaired) electrons. The summed E-state index contributed by atoms with van der Waals surface area (Å²) in [6.07, 6.45) is 4.70. The fourth-order valence-corrected chi connectivity index (χ4v) is 2.97. The molecule has 0 amide bonds. The maximum atomic E-state index is 13.2. The van der Waals surface area contributed by atoms with Crippen molar-refractivity contribution in [2.75, 3.05) is 0 Å². The second kappa shape index (κ2) is 6.75. The Bertz CT molecular complexity index is 625. The molecule has 22 heavy (non-hydrogen) atoms. The van der Waals surface area contributed by atoms with E-state index < -0.39 is 5.54 Å². The van der Waals surface area contributed by atoms with Gasteiger partial charge in [-0.1, -0.05) is 37.1 Å². The van der Waals surface area contributed by atoms with Gasteiger partial charge in [0.25, 0.3) is 0 Å². The molecule has 120 valence electrons. The minimum atomic E-state index is -0.430. The Morgan fingerprint density at radius 3 is 2.77 bits per heavy atom. The number of nitrogens with two attached hydrogens (primary N) is 1. The van der Waals surface area contributed by atoms with Crippen molar-refractivity contribution in [3.05, 3.63) is 47.4 Å². The first-order valence-electron chi connectivity index (χ1n) is 7.44. The molecule has 1 aromatic carbocycles. The van der Waals surface area contributed by atoms with Gasteiger partial charge in [0.1, 0.15) is 5.82 Å². The topological polar surface area (TPSA) is 64.9 Å². The third-order valence-corrected chi connectivity index (χ3v) is 4.24. The van der Waals surface area contributed by atoms with Crippen LogP contribution in [0.5, 0.6) is 0 Å². The van der Waals surface area contributed by atoms with Crippen molar-refractivity contribution in [3.63, 3.8) is 0 Å². The normalized spacial score (nSPS) is 18.0. The predicted molar refractivity (Wildman–Crippen MR) is 84.4 cm³/mol. The zero-order valence-corrected chi connectivity index (χ0v) is 13.4. The Kier molecular flexibility index (Phi) is 5.19. The van der Waals surface area contributed by atoms with E-state index in [1.807, 2.05) is 13.0 Å². The largest absolute Gasteiger partial charge is 0.339 e. The lowest BCUT2D eigenvalue weighted by atomic mass is 9.98. The Morgan fingerprint density at radius 1 is 1.36 bits per heavy atom. The molecule has 3 rings (SSSR count). The van der Waals surface area contributed by atoms with Crippen LogP contribution < -0.4 is 5.73 Å². The van der Waals surface area contributed by atoms with Crippen LogP contribution in [0.15, 0.2) is 28.8 Å². The second-order valence-corrected chi connectivity index (χ2v) is 6.05. The van der Waals surface area contributed by atoms with E-state index in [0.717, 1.165) is 31.2 Å². The second-order valence-electron chi connectivity index (χ2n) is 6.05. The molecule has 4 nitrogen and oxygen atoms in total. The van der Waals surface area contributed by atoms with Gasteiger partial charge < -0.3 is 10.3 Å². The predicted octanol–water partition coefficient (Wildman–Crippen LogP) is 3.70. The first-order chi connectivity index (χ1) is 10.1. The number of aromatic nitrogens is 2. The standard InChI is InChI=1S/C16H20FN3O.ClH/c1-11(9-12-5-4-6-13(17)10-12)14-19-15(20-21-14)16(18)7-2-3-8-16;/h4-6,10-11H,2-3,7-9,18H2,1H3;1H. The number of rotatable bonds is 4. The van der Waals surface area contributed by atoms with Crippen LogP contribution in [0.25, 0.3) is 0 Å². The molecular weight excluding hydrogens is 305 g/mol. The third kappa shape index (κ3) is 3.47. The van der Waals surface area contributed by atoms with Gasteiger partial charge in [0.15, 0.2) is 5.82 Å². The molecule has 1 aromatic heterocycles. The maximum Gasteiger partial charge on any atom is 0.229 e. The Balaban J connectivity index is 0.00000176. The van der Waals surface area contributed by atoms with E-state index in [1.165, 1.54) is 12.1 Å². The molecule has 2 N–H and O–H groups in total. The fraction of sp³-hybridized carbons (Fsp3) is 0.500. The number of halogens is 2. The summed E-state index contributed by atoms with van der Waals surface area (Å²) in [6.45, 7) is 2.00. The van der Waals surface area contributed by atoms with Crippen molar-refractivity contribution in [2.45, 2.75) is 50.5 Å². The summed E-state index contributed by atoms with van der Waals surface area (Å²) in [4.78, 5) is 4.49. The van der Waals surface area contributed by atoms with Crippen molar-refractivity contribution in [1.82, 2.24) is 10.1 Å². The lowest BCUT2D eigenvalue weighted by molar-refractivity contribution is 0.337. The van der Waals surface area contributed by atoms with Gasteiger partial charge >= 0.3 is 0 Å². The van der Waals surface area contributed by atoms with Crippen molar-refractivity contribution in [1.29, 1.82) is 0 Å². The van der Waals surface area contributed by atoms with Crippen LogP contribution in [0.1, 0.15) is 55.8 Å². The van der Waals surface area contributed by atoms with Crippen molar-refractivity contribution < 1.29 is 8.91 Å². The van der Waals surface area contributed by atoms with Crippen molar-refractivity contribution in [3.8, 4) is 0 Å². The molecule has 0 spiro atoms. The van der Waals surface area contributed by atoms with Crippen LogP contribution in [0.4, 0.5) is 4.39 Å². The quantitative estimate of drug-likeness (QED) is 0.930. The van der Waals surface area contributed by atoms with Gasteiger partial charge in [0.05, 0.1) is 5.54 Å². The molecule has 1 atom stereocenters. The Hall–Kier alpha value is -1.46. The highest BCUT2D eigenvalue weighted by atomic mass is 35.5. The summed E-state index contributed by atoms with van der Waals surface area (Å²) < 4.78 is 18.6. The van der Waals surface area contributed by atoms with Gasteiger partial charge in [0.2, 0.25) is 5.89 Å².